The van der Waals surface area contributed by atoms with E-state index in [2.05, 4.69) is 25.9 Å². The van der Waals surface area contributed by atoms with E-state index in [4.69, 9.17) is 4.84 Å². The van der Waals surface area contributed by atoms with Crippen molar-refractivity contribution in [3.63, 3.8) is 0 Å². The van der Waals surface area contributed by atoms with Crippen LogP contribution >= 0.6 is 0 Å². The molecule has 0 spiro atoms. The van der Waals surface area contributed by atoms with Gasteiger partial charge in [-0.3, -0.25) is 4.79 Å². The van der Waals surface area contributed by atoms with E-state index >= 15 is 0 Å². The maximum atomic E-state index is 12.2. The van der Waals surface area contributed by atoms with Gasteiger partial charge in [0.05, 0.1) is 5.56 Å². The molecule has 0 heterocycles. The van der Waals surface area contributed by atoms with E-state index in [1.54, 1.807) is 25.1 Å². The van der Waals surface area contributed by atoms with Crippen LogP contribution in [0.2, 0.25) is 0 Å². The first kappa shape index (κ1) is 18.8. The fraction of sp³-hybridized carbons (Fsp3) is 0.381. The molecule has 0 aromatic heterocycles. The quantitative estimate of drug-likeness (QED) is 0.459. The van der Waals surface area contributed by atoms with Crippen molar-refractivity contribution in [3.05, 3.63) is 58.7 Å². The van der Waals surface area contributed by atoms with Gasteiger partial charge < -0.3 is 4.84 Å². The summed E-state index contributed by atoms with van der Waals surface area (Å²) < 4.78 is 0. The van der Waals surface area contributed by atoms with Gasteiger partial charge in [0.15, 0.2) is 5.78 Å². The maximum absolute atomic E-state index is 12.2. The van der Waals surface area contributed by atoms with Crippen molar-refractivity contribution in [2.24, 2.45) is 11.1 Å². The third-order valence-electron chi connectivity index (χ3n) is 4.16. The van der Waals surface area contributed by atoms with E-state index in [-0.39, 0.29) is 17.1 Å². The Labute approximate surface area is 149 Å². The van der Waals surface area contributed by atoms with Crippen LogP contribution in [0.25, 0.3) is 0 Å². The maximum Gasteiger partial charge on any atom is 0.365 e. The Hall–Kier alpha value is -2.49. The van der Waals surface area contributed by atoms with Crippen LogP contribution < -0.4 is 0 Å². The Kier molecular flexibility index (Phi) is 5.41. The minimum Gasteiger partial charge on any atom is -0.312 e. The van der Waals surface area contributed by atoms with Gasteiger partial charge in [-0.2, -0.15) is 0 Å². The van der Waals surface area contributed by atoms with Crippen LogP contribution in [0.15, 0.2) is 52.7 Å². The number of hydrogen-bond acceptors (Lipinski definition) is 4. The predicted molar refractivity (Wildman–Crippen MR) is 99.7 cm³/mol. The smallest absolute Gasteiger partial charge is 0.312 e. The lowest BCUT2D eigenvalue weighted by molar-refractivity contribution is -0.111. The number of benzene rings is 1. The van der Waals surface area contributed by atoms with Gasteiger partial charge in [-0.15, -0.1) is 0 Å². The number of nitrogens with zero attached hydrogens (tertiary/aromatic N) is 1. The highest BCUT2D eigenvalue weighted by Gasteiger charge is 2.20. The molecule has 0 saturated carbocycles. The molecule has 0 fully saturated rings. The molecule has 0 amide bonds. The lowest BCUT2D eigenvalue weighted by Gasteiger charge is -2.18. The van der Waals surface area contributed by atoms with E-state index in [1.807, 2.05) is 26.0 Å². The molecule has 0 saturated heterocycles. The molecule has 1 aliphatic rings. The number of carbonyl (C=O) groups is 2. The van der Waals surface area contributed by atoms with Gasteiger partial charge in [-0.05, 0) is 53.7 Å². The zero-order chi connectivity index (χ0) is 18.8. The number of allylic oxidation sites excluding steroid dienone is 4. The Bertz CT molecular complexity index is 772. The molecule has 0 atom stereocenters. The summed E-state index contributed by atoms with van der Waals surface area (Å²) in [7, 11) is 0. The molecule has 25 heavy (non-hydrogen) atoms. The number of rotatable bonds is 3. The molecule has 132 valence electrons. The zero-order valence-corrected chi connectivity index (χ0v) is 15.7. The fourth-order valence-electron chi connectivity index (χ4n) is 2.49. The van der Waals surface area contributed by atoms with Crippen molar-refractivity contribution in [2.45, 2.75) is 47.0 Å². The highest BCUT2D eigenvalue weighted by Crippen LogP contribution is 2.23. The monoisotopic (exact) mass is 339 g/mol. The normalized spacial score (nSPS) is 16.8. The molecule has 0 aliphatic heterocycles. The van der Waals surface area contributed by atoms with Crippen molar-refractivity contribution in [2.75, 3.05) is 0 Å². The third kappa shape index (κ3) is 4.53. The van der Waals surface area contributed by atoms with Gasteiger partial charge in [0.1, 0.15) is 5.71 Å². The lowest BCUT2D eigenvalue weighted by atomic mass is 9.87. The second-order valence-corrected chi connectivity index (χ2v) is 7.63. The molecule has 4 nitrogen and oxygen atoms in total. The zero-order valence-electron chi connectivity index (χ0n) is 15.7. The van der Waals surface area contributed by atoms with E-state index < -0.39 is 5.97 Å². The van der Waals surface area contributed by atoms with Crippen LogP contribution in [0, 0.1) is 5.92 Å². The SMILES string of the molecule is CC1=CC(=O)C(C(C)C)=C/C1=N/OC(=O)c1ccc(C(C)(C)C)cc1. The molecule has 2 rings (SSSR count). The van der Waals surface area contributed by atoms with Crippen molar-refractivity contribution in [1.29, 1.82) is 0 Å². The van der Waals surface area contributed by atoms with Crippen LogP contribution in [0.1, 0.15) is 57.5 Å². The topological polar surface area (TPSA) is 55.7 Å². The van der Waals surface area contributed by atoms with Gasteiger partial charge in [-0.1, -0.05) is 51.9 Å². The second-order valence-electron chi connectivity index (χ2n) is 7.63. The minimum absolute atomic E-state index is 0.0180. The average molecular weight is 339 g/mol. The lowest BCUT2D eigenvalue weighted by Crippen LogP contribution is -2.16. The largest absolute Gasteiger partial charge is 0.365 e. The van der Waals surface area contributed by atoms with Crippen LogP contribution in [-0.2, 0) is 15.0 Å². The molecule has 0 unspecified atom stereocenters. The molecule has 1 aromatic rings. The predicted octanol–water partition coefficient (Wildman–Crippen LogP) is 4.61. The van der Waals surface area contributed by atoms with E-state index in [0.717, 1.165) is 5.56 Å². The third-order valence-corrected chi connectivity index (χ3v) is 4.16. The summed E-state index contributed by atoms with van der Waals surface area (Å²) in [5, 5.41) is 3.95. The number of oxime groups is 1. The summed E-state index contributed by atoms with van der Waals surface area (Å²) >= 11 is 0. The van der Waals surface area contributed by atoms with Gasteiger partial charge in [0.2, 0.25) is 0 Å². The molecule has 1 aliphatic carbocycles. The Balaban J connectivity index is 2.16. The highest BCUT2D eigenvalue weighted by molar-refractivity contribution is 6.21. The van der Waals surface area contributed by atoms with Crippen molar-refractivity contribution < 1.29 is 14.4 Å². The Morgan fingerprint density at radius 3 is 2.20 bits per heavy atom. The number of hydrogen-bond donors (Lipinski definition) is 0. The molecular weight excluding hydrogens is 314 g/mol. The standard InChI is InChI=1S/C21H25NO3/c1-13(2)17-12-18(14(3)11-19(17)23)22-25-20(24)15-7-9-16(10-8-15)21(4,5)6/h7-13H,1-6H3/b22-18-. The van der Waals surface area contributed by atoms with Gasteiger partial charge in [0.25, 0.3) is 0 Å². The van der Waals surface area contributed by atoms with Crippen LogP contribution in [0.3, 0.4) is 0 Å². The molecular formula is C21H25NO3. The molecule has 0 radical (unpaired) electrons. The van der Waals surface area contributed by atoms with Gasteiger partial charge in [0, 0.05) is 5.57 Å². The Morgan fingerprint density at radius 2 is 1.68 bits per heavy atom. The van der Waals surface area contributed by atoms with Gasteiger partial charge >= 0.3 is 5.97 Å². The van der Waals surface area contributed by atoms with E-state index in [9.17, 15) is 9.59 Å². The van der Waals surface area contributed by atoms with Crippen LogP contribution in [0.5, 0.6) is 0 Å². The summed E-state index contributed by atoms with van der Waals surface area (Å²) in [6, 6.07) is 7.33. The first-order valence-corrected chi connectivity index (χ1v) is 8.44. The van der Waals surface area contributed by atoms with Crippen molar-refractivity contribution in [1.82, 2.24) is 0 Å². The van der Waals surface area contributed by atoms with Crippen molar-refractivity contribution in [3.8, 4) is 0 Å². The highest BCUT2D eigenvalue weighted by atomic mass is 16.7. The molecule has 0 N–H and O–H groups in total. The Morgan fingerprint density at radius 1 is 1.08 bits per heavy atom. The van der Waals surface area contributed by atoms with E-state index in [0.29, 0.717) is 22.4 Å². The first-order chi connectivity index (χ1) is 11.6. The summed E-state index contributed by atoms with van der Waals surface area (Å²) in [6.45, 7) is 12.0. The van der Waals surface area contributed by atoms with E-state index in [1.165, 1.54) is 6.08 Å². The van der Waals surface area contributed by atoms with Crippen LogP contribution in [-0.4, -0.2) is 17.5 Å². The second kappa shape index (κ2) is 7.18. The summed E-state index contributed by atoms with van der Waals surface area (Å²) in [5.74, 6) is -0.449. The van der Waals surface area contributed by atoms with Gasteiger partial charge in [-0.25, -0.2) is 4.79 Å². The summed E-state index contributed by atoms with van der Waals surface area (Å²) in [4.78, 5) is 29.2. The number of carbonyl (C=O) groups excluding carboxylic acids is 2. The average Bonchev–Trinajstić information content (AvgIpc) is 2.52. The molecule has 4 heteroatoms. The minimum atomic E-state index is -0.517. The summed E-state index contributed by atoms with van der Waals surface area (Å²) in [6.07, 6.45) is 3.22. The molecule has 1 aromatic carbocycles. The fourth-order valence-corrected chi connectivity index (χ4v) is 2.49. The van der Waals surface area contributed by atoms with Crippen LogP contribution in [0.4, 0.5) is 0 Å². The first-order valence-electron chi connectivity index (χ1n) is 8.44. The van der Waals surface area contributed by atoms with Crippen molar-refractivity contribution >= 4 is 17.5 Å². The summed E-state index contributed by atoms with van der Waals surface area (Å²) in [5.41, 5.74) is 3.46. The number of ketones is 1. The molecule has 0 bridgehead atoms.